The molecule has 1 saturated carbocycles. The second-order valence-corrected chi connectivity index (χ2v) is 5.19. The number of rotatable bonds is 3. The predicted molar refractivity (Wildman–Crippen MR) is 65.0 cm³/mol. The van der Waals surface area contributed by atoms with Crippen molar-refractivity contribution in [1.82, 2.24) is 14.8 Å². The van der Waals surface area contributed by atoms with Gasteiger partial charge in [-0.25, -0.2) is 0 Å². The van der Waals surface area contributed by atoms with Crippen LogP contribution in [0.2, 0.25) is 0 Å². The molecule has 0 saturated heterocycles. The van der Waals surface area contributed by atoms with Gasteiger partial charge in [-0.1, -0.05) is 0 Å². The van der Waals surface area contributed by atoms with Gasteiger partial charge >= 0.3 is 0 Å². The van der Waals surface area contributed by atoms with E-state index in [0.29, 0.717) is 25.2 Å². The van der Waals surface area contributed by atoms with Gasteiger partial charge in [-0.05, 0) is 25.7 Å². The third-order valence-electron chi connectivity index (χ3n) is 3.87. The summed E-state index contributed by atoms with van der Waals surface area (Å²) in [5, 5.41) is 8.43. The first-order valence-electron chi connectivity index (χ1n) is 6.87. The Balaban J connectivity index is 1.57. The zero-order valence-corrected chi connectivity index (χ0v) is 10.6. The van der Waals surface area contributed by atoms with E-state index in [1.165, 1.54) is 12.8 Å². The summed E-state index contributed by atoms with van der Waals surface area (Å²) in [4.78, 5) is 11.2. The van der Waals surface area contributed by atoms with E-state index in [2.05, 4.69) is 14.8 Å². The summed E-state index contributed by atoms with van der Waals surface area (Å²) in [5.74, 6) is 2.41. The molecular weight excluding hydrogens is 230 g/mol. The van der Waals surface area contributed by atoms with Gasteiger partial charge in [-0.3, -0.25) is 4.79 Å². The van der Waals surface area contributed by atoms with Crippen LogP contribution in [-0.2, 0) is 29.1 Å². The summed E-state index contributed by atoms with van der Waals surface area (Å²) >= 11 is 0. The standard InChI is InChI=1S/C13H19N3O2/c17-10-4-6-11(7-5-10)18-9-13-15-14-12-3-1-2-8-16(12)13/h11H,1-9H2. The molecule has 0 atom stereocenters. The van der Waals surface area contributed by atoms with Gasteiger partial charge in [0.05, 0.1) is 6.10 Å². The SMILES string of the molecule is O=C1CCC(OCc2nnc3n2CCCC3)CC1. The molecule has 0 aromatic carbocycles. The minimum absolute atomic E-state index is 0.222. The van der Waals surface area contributed by atoms with Gasteiger partial charge in [0.15, 0.2) is 5.82 Å². The highest BCUT2D eigenvalue weighted by molar-refractivity contribution is 5.79. The molecular formula is C13H19N3O2. The van der Waals surface area contributed by atoms with Crippen LogP contribution in [0.4, 0.5) is 0 Å². The van der Waals surface area contributed by atoms with Crippen LogP contribution >= 0.6 is 0 Å². The van der Waals surface area contributed by atoms with Crippen LogP contribution < -0.4 is 0 Å². The summed E-state index contributed by atoms with van der Waals surface area (Å²) in [6.07, 6.45) is 6.73. The molecule has 0 bridgehead atoms. The molecule has 3 rings (SSSR count). The quantitative estimate of drug-likeness (QED) is 0.817. The van der Waals surface area contributed by atoms with E-state index >= 15 is 0 Å². The highest BCUT2D eigenvalue weighted by Gasteiger charge is 2.21. The number of aryl methyl sites for hydroxylation is 1. The third-order valence-corrected chi connectivity index (χ3v) is 3.87. The summed E-state index contributed by atoms with van der Waals surface area (Å²) in [6.45, 7) is 1.55. The topological polar surface area (TPSA) is 57.0 Å². The normalized spacial score (nSPS) is 21.0. The number of ether oxygens (including phenoxy) is 1. The van der Waals surface area contributed by atoms with E-state index in [0.717, 1.165) is 37.5 Å². The van der Waals surface area contributed by atoms with Gasteiger partial charge in [0, 0.05) is 25.8 Å². The summed E-state index contributed by atoms with van der Waals surface area (Å²) < 4.78 is 8.06. The lowest BCUT2D eigenvalue weighted by molar-refractivity contribution is -0.123. The molecule has 18 heavy (non-hydrogen) atoms. The molecule has 98 valence electrons. The van der Waals surface area contributed by atoms with Crippen molar-refractivity contribution in [2.45, 2.75) is 64.2 Å². The maximum atomic E-state index is 11.2. The molecule has 1 fully saturated rings. The molecule has 1 aliphatic carbocycles. The Kier molecular flexibility index (Phi) is 3.41. The molecule has 1 aromatic heterocycles. The van der Waals surface area contributed by atoms with Crippen molar-refractivity contribution < 1.29 is 9.53 Å². The van der Waals surface area contributed by atoms with Crippen molar-refractivity contribution in [3.05, 3.63) is 11.6 Å². The number of nitrogens with zero attached hydrogens (tertiary/aromatic N) is 3. The highest BCUT2D eigenvalue weighted by atomic mass is 16.5. The molecule has 0 N–H and O–H groups in total. The fraction of sp³-hybridized carbons (Fsp3) is 0.769. The van der Waals surface area contributed by atoms with Crippen LogP contribution in [0.25, 0.3) is 0 Å². The Morgan fingerprint density at radius 3 is 2.83 bits per heavy atom. The first-order valence-corrected chi connectivity index (χ1v) is 6.87. The number of Topliss-reactive ketones (excluding diaryl/α,β-unsaturated/α-hetero) is 1. The molecule has 1 aromatic rings. The average molecular weight is 249 g/mol. The number of aromatic nitrogens is 3. The van der Waals surface area contributed by atoms with E-state index in [1.807, 2.05) is 0 Å². The molecule has 0 radical (unpaired) electrons. The molecule has 2 aliphatic rings. The number of fused-ring (bicyclic) bond motifs is 1. The number of hydrogen-bond donors (Lipinski definition) is 0. The van der Waals surface area contributed by atoms with Crippen LogP contribution in [-0.4, -0.2) is 26.7 Å². The number of ketones is 1. The fourth-order valence-electron chi connectivity index (χ4n) is 2.75. The van der Waals surface area contributed by atoms with Crippen molar-refractivity contribution in [2.24, 2.45) is 0 Å². The van der Waals surface area contributed by atoms with Crippen LogP contribution in [0, 0.1) is 0 Å². The summed E-state index contributed by atoms with van der Waals surface area (Å²) in [7, 11) is 0. The Morgan fingerprint density at radius 2 is 2.00 bits per heavy atom. The predicted octanol–water partition coefficient (Wildman–Crippen LogP) is 1.64. The lowest BCUT2D eigenvalue weighted by Crippen LogP contribution is -2.22. The number of carbonyl (C=O) groups is 1. The van der Waals surface area contributed by atoms with Crippen molar-refractivity contribution in [3.63, 3.8) is 0 Å². The molecule has 0 amide bonds. The maximum Gasteiger partial charge on any atom is 0.159 e. The van der Waals surface area contributed by atoms with Crippen LogP contribution in [0.3, 0.4) is 0 Å². The van der Waals surface area contributed by atoms with Crippen LogP contribution in [0.15, 0.2) is 0 Å². The molecule has 2 heterocycles. The first kappa shape index (κ1) is 11.8. The molecule has 0 spiro atoms. The van der Waals surface area contributed by atoms with Gasteiger partial charge in [0.25, 0.3) is 0 Å². The second-order valence-electron chi connectivity index (χ2n) is 5.19. The fourth-order valence-corrected chi connectivity index (χ4v) is 2.75. The Morgan fingerprint density at radius 1 is 1.17 bits per heavy atom. The van der Waals surface area contributed by atoms with Gasteiger partial charge in [0.1, 0.15) is 18.2 Å². The highest BCUT2D eigenvalue weighted by Crippen LogP contribution is 2.20. The Hall–Kier alpha value is -1.23. The average Bonchev–Trinajstić information content (AvgIpc) is 2.82. The minimum Gasteiger partial charge on any atom is -0.370 e. The molecule has 1 aliphatic heterocycles. The lowest BCUT2D eigenvalue weighted by Gasteiger charge is -2.21. The van der Waals surface area contributed by atoms with E-state index in [1.54, 1.807) is 0 Å². The van der Waals surface area contributed by atoms with Crippen molar-refractivity contribution in [3.8, 4) is 0 Å². The van der Waals surface area contributed by atoms with E-state index in [9.17, 15) is 4.79 Å². The molecule has 5 nitrogen and oxygen atoms in total. The van der Waals surface area contributed by atoms with Gasteiger partial charge < -0.3 is 9.30 Å². The van der Waals surface area contributed by atoms with E-state index in [4.69, 9.17) is 4.74 Å². The van der Waals surface area contributed by atoms with Gasteiger partial charge in [0.2, 0.25) is 0 Å². The Labute approximate surface area is 107 Å². The van der Waals surface area contributed by atoms with Crippen LogP contribution in [0.5, 0.6) is 0 Å². The monoisotopic (exact) mass is 249 g/mol. The smallest absolute Gasteiger partial charge is 0.159 e. The Bertz CT molecular complexity index is 431. The number of hydrogen-bond acceptors (Lipinski definition) is 4. The zero-order chi connectivity index (χ0) is 12.4. The lowest BCUT2D eigenvalue weighted by atomic mass is 9.96. The molecule has 0 unspecified atom stereocenters. The van der Waals surface area contributed by atoms with Crippen molar-refractivity contribution in [2.75, 3.05) is 0 Å². The maximum absolute atomic E-state index is 11.2. The van der Waals surface area contributed by atoms with Crippen molar-refractivity contribution in [1.29, 1.82) is 0 Å². The van der Waals surface area contributed by atoms with Gasteiger partial charge in [-0.15, -0.1) is 10.2 Å². The zero-order valence-electron chi connectivity index (χ0n) is 10.6. The van der Waals surface area contributed by atoms with Crippen LogP contribution in [0.1, 0.15) is 50.2 Å². The minimum atomic E-state index is 0.222. The second kappa shape index (κ2) is 5.18. The molecule has 5 heteroatoms. The first-order chi connectivity index (χ1) is 8.83. The summed E-state index contributed by atoms with van der Waals surface area (Å²) in [6, 6.07) is 0. The van der Waals surface area contributed by atoms with E-state index < -0.39 is 0 Å². The largest absolute Gasteiger partial charge is 0.370 e. The number of carbonyl (C=O) groups excluding carboxylic acids is 1. The van der Waals surface area contributed by atoms with E-state index in [-0.39, 0.29) is 6.10 Å². The summed E-state index contributed by atoms with van der Waals surface area (Å²) in [5.41, 5.74) is 0. The third kappa shape index (κ3) is 2.46. The van der Waals surface area contributed by atoms with Gasteiger partial charge in [-0.2, -0.15) is 0 Å². The van der Waals surface area contributed by atoms with Crippen molar-refractivity contribution >= 4 is 5.78 Å².